The molecule has 1 rings (SSSR count). The number of benzene rings is 1. The second kappa shape index (κ2) is 6.19. The molecule has 0 aromatic heterocycles. The maximum absolute atomic E-state index is 12.1. The molecule has 1 unspecified atom stereocenters. The molecule has 1 aromatic rings. The summed E-state index contributed by atoms with van der Waals surface area (Å²) in [6, 6.07) is 9.92. The number of hydrogen-bond acceptors (Lipinski definition) is 3. The Labute approximate surface area is 97.3 Å². The first-order valence-electron chi connectivity index (χ1n) is 5.43. The van der Waals surface area contributed by atoms with Crippen LogP contribution in [0, 0.1) is 0 Å². The van der Waals surface area contributed by atoms with E-state index in [1.807, 2.05) is 44.2 Å². The van der Waals surface area contributed by atoms with E-state index >= 15 is 0 Å². The van der Waals surface area contributed by atoms with Crippen LogP contribution >= 0.6 is 7.60 Å². The molecule has 0 heterocycles. The Bertz CT molecular complexity index is 349. The van der Waals surface area contributed by atoms with Crippen LogP contribution in [0.25, 0.3) is 0 Å². The zero-order valence-electron chi connectivity index (χ0n) is 10.1. The minimum Gasteiger partial charge on any atom is -0.312 e. The van der Waals surface area contributed by atoms with Gasteiger partial charge in [0, 0.05) is 7.11 Å². The quantitative estimate of drug-likeness (QED) is 0.716. The summed E-state index contributed by atoms with van der Waals surface area (Å²) in [7, 11) is -1.48. The molecule has 0 spiro atoms. The fraction of sp³-hybridized carbons (Fsp3) is 0.500. The summed E-state index contributed by atoms with van der Waals surface area (Å²) in [6.45, 7) is 3.71. The van der Waals surface area contributed by atoms with Crippen molar-refractivity contribution in [1.82, 2.24) is 0 Å². The molecule has 0 fully saturated rings. The van der Waals surface area contributed by atoms with Crippen LogP contribution < -0.4 is 0 Å². The molecule has 16 heavy (non-hydrogen) atoms. The van der Waals surface area contributed by atoms with Gasteiger partial charge in [-0.05, 0) is 25.8 Å². The van der Waals surface area contributed by atoms with E-state index in [4.69, 9.17) is 9.05 Å². The molecular weight excluding hydrogens is 223 g/mol. The molecule has 0 bridgehead atoms. The smallest absolute Gasteiger partial charge is 0.312 e. The fourth-order valence-corrected chi connectivity index (χ4v) is 2.97. The van der Waals surface area contributed by atoms with E-state index < -0.39 is 7.60 Å². The van der Waals surface area contributed by atoms with E-state index in [1.54, 1.807) is 0 Å². The molecule has 0 saturated heterocycles. The predicted octanol–water partition coefficient (Wildman–Crippen LogP) is 3.49. The van der Waals surface area contributed by atoms with Gasteiger partial charge in [0.1, 0.15) is 0 Å². The van der Waals surface area contributed by atoms with Gasteiger partial charge in [-0.25, -0.2) is 0 Å². The minimum absolute atomic E-state index is 0.0819. The average Bonchev–Trinajstić information content (AvgIpc) is 2.27. The van der Waals surface area contributed by atoms with Crippen LogP contribution in [-0.2, 0) is 20.0 Å². The van der Waals surface area contributed by atoms with Gasteiger partial charge in [-0.1, -0.05) is 30.3 Å². The van der Waals surface area contributed by atoms with E-state index in [0.717, 1.165) is 5.56 Å². The summed E-state index contributed by atoms with van der Waals surface area (Å²) in [5, 5.41) is 0. The summed E-state index contributed by atoms with van der Waals surface area (Å²) in [4.78, 5) is 0. The molecule has 0 saturated carbocycles. The van der Waals surface area contributed by atoms with Crippen molar-refractivity contribution in [2.75, 3.05) is 13.3 Å². The summed E-state index contributed by atoms with van der Waals surface area (Å²) >= 11 is 0. The summed E-state index contributed by atoms with van der Waals surface area (Å²) in [5.41, 5.74) is 1.15. The van der Waals surface area contributed by atoms with Gasteiger partial charge in [0.05, 0.1) is 12.3 Å². The van der Waals surface area contributed by atoms with Crippen LogP contribution in [0.2, 0.25) is 0 Å². The molecule has 0 radical (unpaired) electrons. The van der Waals surface area contributed by atoms with E-state index in [0.29, 0.717) is 12.6 Å². The van der Waals surface area contributed by atoms with Gasteiger partial charge < -0.3 is 9.05 Å². The third kappa shape index (κ3) is 4.48. The predicted molar refractivity (Wildman–Crippen MR) is 65.8 cm³/mol. The van der Waals surface area contributed by atoms with Crippen molar-refractivity contribution in [3.63, 3.8) is 0 Å². The third-order valence-corrected chi connectivity index (χ3v) is 4.24. The Morgan fingerprint density at radius 1 is 1.25 bits per heavy atom. The van der Waals surface area contributed by atoms with Crippen molar-refractivity contribution in [3.8, 4) is 0 Å². The van der Waals surface area contributed by atoms with Gasteiger partial charge in [0.15, 0.2) is 0 Å². The lowest BCUT2D eigenvalue weighted by molar-refractivity contribution is 0.188. The first kappa shape index (κ1) is 13.4. The minimum atomic E-state index is -2.92. The average molecular weight is 242 g/mol. The van der Waals surface area contributed by atoms with Crippen LogP contribution in [0.3, 0.4) is 0 Å². The van der Waals surface area contributed by atoms with Crippen molar-refractivity contribution < 1.29 is 13.6 Å². The maximum atomic E-state index is 12.1. The largest absolute Gasteiger partial charge is 0.330 e. The van der Waals surface area contributed by atoms with Crippen molar-refractivity contribution in [2.24, 2.45) is 0 Å². The highest BCUT2D eigenvalue weighted by Crippen LogP contribution is 2.48. The highest BCUT2D eigenvalue weighted by atomic mass is 31.2. The lowest BCUT2D eigenvalue weighted by Gasteiger charge is -2.18. The number of hydrogen-bond donors (Lipinski definition) is 0. The number of aryl methyl sites for hydroxylation is 1. The molecule has 1 atom stereocenters. The van der Waals surface area contributed by atoms with Crippen molar-refractivity contribution in [3.05, 3.63) is 35.9 Å². The van der Waals surface area contributed by atoms with Crippen LogP contribution in [0.4, 0.5) is 0 Å². The first-order chi connectivity index (χ1) is 7.56. The topological polar surface area (TPSA) is 35.5 Å². The van der Waals surface area contributed by atoms with Crippen molar-refractivity contribution in [1.29, 1.82) is 0 Å². The summed E-state index contributed by atoms with van der Waals surface area (Å²) < 4.78 is 22.5. The molecule has 1 aromatic carbocycles. The Morgan fingerprint density at radius 3 is 2.38 bits per heavy atom. The van der Waals surface area contributed by atoms with Gasteiger partial charge in [-0.15, -0.1) is 0 Å². The SMILES string of the molecule is COP(=O)(CCc1ccccc1)OC(C)C. The molecule has 0 amide bonds. The van der Waals surface area contributed by atoms with E-state index in [1.165, 1.54) is 7.11 Å². The van der Waals surface area contributed by atoms with Crippen LogP contribution in [0.5, 0.6) is 0 Å². The Hall–Kier alpha value is -0.630. The van der Waals surface area contributed by atoms with Crippen LogP contribution in [0.15, 0.2) is 30.3 Å². The lowest BCUT2D eigenvalue weighted by atomic mass is 10.2. The van der Waals surface area contributed by atoms with Crippen LogP contribution in [0.1, 0.15) is 19.4 Å². The Morgan fingerprint density at radius 2 is 1.88 bits per heavy atom. The standard InChI is InChI=1S/C12H19O3P/c1-11(2)15-16(13,14-3)10-9-12-7-5-4-6-8-12/h4-8,11H,9-10H2,1-3H3. The molecule has 3 nitrogen and oxygen atoms in total. The third-order valence-electron chi connectivity index (χ3n) is 2.17. The lowest BCUT2D eigenvalue weighted by Crippen LogP contribution is -2.06. The van der Waals surface area contributed by atoms with E-state index in [2.05, 4.69) is 0 Å². The van der Waals surface area contributed by atoms with Gasteiger partial charge >= 0.3 is 7.60 Å². The molecule has 0 aliphatic heterocycles. The molecule has 0 N–H and O–H groups in total. The van der Waals surface area contributed by atoms with Gasteiger partial charge in [-0.3, -0.25) is 4.57 Å². The molecule has 90 valence electrons. The van der Waals surface area contributed by atoms with E-state index in [-0.39, 0.29) is 6.10 Å². The highest BCUT2D eigenvalue weighted by Gasteiger charge is 2.23. The first-order valence-corrected chi connectivity index (χ1v) is 7.15. The Kier molecular flexibility index (Phi) is 5.20. The fourth-order valence-electron chi connectivity index (χ4n) is 1.42. The normalized spacial score (nSPS) is 15.0. The maximum Gasteiger partial charge on any atom is 0.330 e. The highest BCUT2D eigenvalue weighted by molar-refractivity contribution is 7.53. The molecule has 4 heteroatoms. The second-order valence-corrected chi connectivity index (χ2v) is 6.15. The zero-order chi connectivity index (χ0) is 12.0. The van der Waals surface area contributed by atoms with Gasteiger partial charge in [0.25, 0.3) is 0 Å². The summed E-state index contributed by atoms with van der Waals surface area (Å²) in [6.07, 6.45) is 1.05. The molecule has 0 aliphatic carbocycles. The van der Waals surface area contributed by atoms with Crippen molar-refractivity contribution >= 4 is 7.60 Å². The van der Waals surface area contributed by atoms with Gasteiger partial charge in [0.2, 0.25) is 0 Å². The second-order valence-electron chi connectivity index (χ2n) is 3.91. The monoisotopic (exact) mass is 242 g/mol. The molecule has 0 aliphatic rings. The number of rotatable bonds is 6. The summed E-state index contributed by atoms with van der Waals surface area (Å²) in [5.74, 6) is 0. The van der Waals surface area contributed by atoms with Gasteiger partial charge in [-0.2, -0.15) is 0 Å². The Balaban J connectivity index is 2.55. The molecular formula is C12H19O3P. The van der Waals surface area contributed by atoms with E-state index in [9.17, 15) is 4.57 Å². The van der Waals surface area contributed by atoms with Crippen LogP contribution in [-0.4, -0.2) is 19.4 Å². The zero-order valence-corrected chi connectivity index (χ0v) is 10.9. The van der Waals surface area contributed by atoms with Crippen molar-refractivity contribution in [2.45, 2.75) is 26.4 Å².